The number of thiophene rings is 1. The fourth-order valence-corrected chi connectivity index (χ4v) is 4.20. The molecule has 0 saturated carbocycles. The Balaban J connectivity index is 1.71. The fraction of sp³-hybridized carbons (Fsp3) is 0.0769. The SMILES string of the molecule is O=S(=O)(NCc1nc(-c2ccccc2)no1)c1ccc(Cl)s1. The molecule has 0 saturated heterocycles. The molecule has 0 radical (unpaired) electrons. The third-order valence-corrected chi connectivity index (χ3v) is 5.85. The number of hydrogen-bond acceptors (Lipinski definition) is 6. The lowest BCUT2D eigenvalue weighted by atomic mass is 10.2. The predicted molar refractivity (Wildman–Crippen MR) is 83.1 cm³/mol. The van der Waals surface area contributed by atoms with Gasteiger partial charge < -0.3 is 4.52 Å². The summed E-state index contributed by atoms with van der Waals surface area (Å²) in [5.41, 5.74) is 0.797. The molecule has 0 atom stereocenters. The molecule has 2 aromatic heterocycles. The first-order valence-corrected chi connectivity index (χ1v) is 8.85. The van der Waals surface area contributed by atoms with Crippen molar-refractivity contribution in [2.75, 3.05) is 0 Å². The molecule has 3 rings (SSSR count). The van der Waals surface area contributed by atoms with Crippen LogP contribution < -0.4 is 4.72 Å². The highest BCUT2D eigenvalue weighted by Crippen LogP contribution is 2.25. The van der Waals surface area contributed by atoms with E-state index in [1.165, 1.54) is 12.1 Å². The second-order valence-corrected chi connectivity index (χ2v) is 7.97. The Morgan fingerprint density at radius 3 is 2.64 bits per heavy atom. The molecule has 22 heavy (non-hydrogen) atoms. The van der Waals surface area contributed by atoms with Crippen LogP contribution in [-0.2, 0) is 16.6 Å². The molecule has 2 heterocycles. The van der Waals surface area contributed by atoms with Crippen LogP contribution in [0.15, 0.2) is 51.2 Å². The van der Waals surface area contributed by atoms with Crippen LogP contribution in [0.1, 0.15) is 5.89 Å². The van der Waals surface area contributed by atoms with Crippen molar-refractivity contribution in [1.29, 1.82) is 0 Å². The topological polar surface area (TPSA) is 85.1 Å². The summed E-state index contributed by atoms with van der Waals surface area (Å²) >= 11 is 6.72. The van der Waals surface area contributed by atoms with Gasteiger partial charge in [-0.3, -0.25) is 0 Å². The minimum Gasteiger partial charge on any atom is -0.338 e. The van der Waals surface area contributed by atoms with Gasteiger partial charge in [-0.2, -0.15) is 4.98 Å². The minimum atomic E-state index is -3.64. The van der Waals surface area contributed by atoms with Gasteiger partial charge in [0.25, 0.3) is 10.0 Å². The molecule has 0 unspecified atom stereocenters. The van der Waals surface area contributed by atoms with Crippen molar-refractivity contribution in [2.45, 2.75) is 10.8 Å². The average molecular weight is 356 g/mol. The molecule has 6 nitrogen and oxygen atoms in total. The largest absolute Gasteiger partial charge is 0.338 e. The molecule has 0 aliphatic carbocycles. The van der Waals surface area contributed by atoms with Crippen LogP contribution in [0.5, 0.6) is 0 Å². The number of halogens is 1. The molecule has 1 N–H and O–H groups in total. The number of nitrogens with one attached hydrogen (secondary N) is 1. The van der Waals surface area contributed by atoms with Gasteiger partial charge in [0.15, 0.2) is 0 Å². The highest BCUT2D eigenvalue weighted by atomic mass is 35.5. The molecule has 0 amide bonds. The first-order valence-electron chi connectivity index (χ1n) is 6.17. The van der Waals surface area contributed by atoms with Gasteiger partial charge in [-0.25, -0.2) is 13.1 Å². The quantitative estimate of drug-likeness (QED) is 0.760. The summed E-state index contributed by atoms with van der Waals surface area (Å²) in [6.07, 6.45) is 0. The van der Waals surface area contributed by atoms with E-state index in [2.05, 4.69) is 14.9 Å². The Bertz CT molecular complexity index is 875. The van der Waals surface area contributed by atoms with E-state index in [0.29, 0.717) is 10.2 Å². The molecule has 0 bridgehead atoms. The highest BCUT2D eigenvalue weighted by molar-refractivity contribution is 7.91. The second-order valence-electron chi connectivity index (χ2n) is 4.26. The smallest absolute Gasteiger partial charge is 0.250 e. The Kier molecular flexibility index (Phi) is 4.25. The Hall–Kier alpha value is -1.74. The third kappa shape index (κ3) is 3.36. The Morgan fingerprint density at radius 2 is 1.95 bits per heavy atom. The van der Waals surface area contributed by atoms with Crippen molar-refractivity contribution in [3.63, 3.8) is 0 Å². The van der Waals surface area contributed by atoms with Gasteiger partial charge in [-0.15, -0.1) is 11.3 Å². The summed E-state index contributed by atoms with van der Waals surface area (Å²) in [6.45, 7) is -0.0856. The molecular formula is C13H10ClN3O3S2. The van der Waals surface area contributed by atoms with Crippen molar-refractivity contribution in [1.82, 2.24) is 14.9 Å². The van der Waals surface area contributed by atoms with Crippen LogP contribution in [0.3, 0.4) is 0 Å². The van der Waals surface area contributed by atoms with E-state index in [1.54, 1.807) is 0 Å². The van der Waals surface area contributed by atoms with E-state index in [1.807, 2.05) is 30.3 Å². The summed E-state index contributed by atoms with van der Waals surface area (Å²) in [6, 6.07) is 12.2. The molecule has 0 fully saturated rings. The molecular weight excluding hydrogens is 346 g/mol. The number of hydrogen-bond donors (Lipinski definition) is 1. The molecule has 0 spiro atoms. The summed E-state index contributed by atoms with van der Waals surface area (Å²) in [5.74, 6) is 0.596. The zero-order valence-electron chi connectivity index (χ0n) is 11.1. The molecule has 1 aromatic carbocycles. The van der Waals surface area contributed by atoms with Crippen LogP contribution in [-0.4, -0.2) is 18.6 Å². The molecule has 0 aliphatic heterocycles. The monoisotopic (exact) mass is 355 g/mol. The molecule has 3 aromatic rings. The zero-order valence-corrected chi connectivity index (χ0v) is 13.5. The molecule has 0 aliphatic rings. The van der Waals surface area contributed by atoms with Crippen LogP contribution in [0, 0.1) is 0 Å². The van der Waals surface area contributed by atoms with Crippen molar-refractivity contribution in [2.24, 2.45) is 0 Å². The van der Waals surface area contributed by atoms with Crippen molar-refractivity contribution in [3.05, 3.63) is 52.7 Å². The normalized spacial score (nSPS) is 11.7. The van der Waals surface area contributed by atoms with Crippen molar-refractivity contribution < 1.29 is 12.9 Å². The second kappa shape index (κ2) is 6.17. The summed E-state index contributed by atoms with van der Waals surface area (Å²) in [5, 5.41) is 3.82. The maximum Gasteiger partial charge on any atom is 0.250 e. The first kappa shape index (κ1) is 15.2. The highest BCUT2D eigenvalue weighted by Gasteiger charge is 2.18. The van der Waals surface area contributed by atoms with E-state index in [0.717, 1.165) is 16.9 Å². The average Bonchev–Trinajstić information content (AvgIpc) is 3.15. The number of aromatic nitrogens is 2. The lowest BCUT2D eigenvalue weighted by molar-refractivity contribution is 0.376. The van der Waals surface area contributed by atoms with Crippen LogP contribution >= 0.6 is 22.9 Å². The van der Waals surface area contributed by atoms with Crippen molar-refractivity contribution >= 4 is 33.0 Å². The third-order valence-electron chi connectivity index (χ3n) is 2.73. The van der Waals surface area contributed by atoms with E-state index in [4.69, 9.17) is 16.1 Å². The van der Waals surface area contributed by atoms with Crippen LogP contribution in [0.4, 0.5) is 0 Å². The van der Waals surface area contributed by atoms with Gasteiger partial charge in [0.05, 0.1) is 10.9 Å². The predicted octanol–water partition coefficient (Wildman–Crippen LogP) is 2.93. The number of rotatable bonds is 5. The maximum atomic E-state index is 12.0. The van der Waals surface area contributed by atoms with Gasteiger partial charge in [-0.05, 0) is 12.1 Å². The van der Waals surface area contributed by atoms with Crippen molar-refractivity contribution in [3.8, 4) is 11.4 Å². The minimum absolute atomic E-state index is 0.0856. The fourth-order valence-electron chi connectivity index (χ4n) is 1.70. The molecule has 9 heteroatoms. The lowest BCUT2D eigenvalue weighted by Crippen LogP contribution is -2.22. The first-order chi connectivity index (χ1) is 10.5. The number of nitrogens with zero attached hydrogens (tertiary/aromatic N) is 2. The summed E-state index contributed by atoms with van der Waals surface area (Å²) in [4.78, 5) is 4.16. The standard InChI is InChI=1S/C13H10ClN3O3S2/c14-10-6-7-12(21-10)22(18,19)15-8-11-16-13(17-20-11)9-4-2-1-3-5-9/h1-7,15H,8H2. The van der Waals surface area contributed by atoms with E-state index < -0.39 is 10.0 Å². The van der Waals surface area contributed by atoms with Gasteiger partial charge in [-0.1, -0.05) is 47.1 Å². The van der Waals surface area contributed by atoms with Gasteiger partial charge in [0, 0.05) is 5.56 Å². The zero-order chi connectivity index (χ0) is 15.6. The van der Waals surface area contributed by atoms with Crippen LogP contribution in [0.25, 0.3) is 11.4 Å². The Labute approximate surface area is 135 Å². The molecule has 114 valence electrons. The number of sulfonamides is 1. The maximum absolute atomic E-state index is 12.0. The van der Waals surface area contributed by atoms with Gasteiger partial charge in [0.2, 0.25) is 11.7 Å². The lowest BCUT2D eigenvalue weighted by Gasteiger charge is -2.00. The van der Waals surface area contributed by atoms with E-state index >= 15 is 0 Å². The Morgan fingerprint density at radius 1 is 1.18 bits per heavy atom. The van der Waals surface area contributed by atoms with E-state index in [9.17, 15) is 8.42 Å². The van der Waals surface area contributed by atoms with Gasteiger partial charge >= 0.3 is 0 Å². The number of benzene rings is 1. The van der Waals surface area contributed by atoms with E-state index in [-0.39, 0.29) is 16.6 Å². The summed E-state index contributed by atoms with van der Waals surface area (Å²) in [7, 11) is -3.64. The summed E-state index contributed by atoms with van der Waals surface area (Å²) < 4.78 is 32.1. The van der Waals surface area contributed by atoms with Crippen LogP contribution in [0.2, 0.25) is 4.34 Å². The van der Waals surface area contributed by atoms with Gasteiger partial charge in [0.1, 0.15) is 4.21 Å².